The third kappa shape index (κ3) is 4.15. The Morgan fingerprint density at radius 1 is 1.50 bits per heavy atom. The highest BCUT2D eigenvalue weighted by Gasteiger charge is 2.46. The fraction of sp³-hybridized carbons (Fsp3) is 0.786. The van der Waals surface area contributed by atoms with E-state index in [1.54, 1.807) is 0 Å². The second kappa shape index (κ2) is 8.06. The van der Waals surface area contributed by atoms with Gasteiger partial charge in [0.25, 0.3) is 0 Å². The van der Waals surface area contributed by atoms with Crippen molar-refractivity contribution in [2.45, 2.75) is 44.6 Å². The molecule has 2 aliphatic rings. The smallest absolute Gasteiger partial charge is 0.303 e. The molecule has 6 heteroatoms. The number of halogens is 1. The topological polar surface area (TPSA) is 66.8 Å². The molecule has 0 radical (unpaired) electrons. The van der Waals surface area contributed by atoms with Gasteiger partial charge in [-0.15, -0.1) is 0 Å². The molecule has 2 saturated carbocycles. The van der Waals surface area contributed by atoms with Crippen molar-refractivity contribution in [3.63, 3.8) is 0 Å². The lowest BCUT2D eigenvalue weighted by atomic mass is 9.92. The number of hydrogen-bond acceptors (Lipinski definition) is 3. The van der Waals surface area contributed by atoms with Crippen LogP contribution < -0.4 is 0 Å². The fourth-order valence-electron chi connectivity index (χ4n) is 3.72. The molecule has 0 saturated heterocycles. The summed E-state index contributed by atoms with van der Waals surface area (Å²) in [5, 5.41) is 18.2. The van der Waals surface area contributed by atoms with Crippen molar-refractivity contribution in [3.8, 4) is 0 Å². The van der Waals surface area contributed by atoms with Crippen LogP contribution in [-0.2, 0) is 9.32 Å². The fourth-order valence-corrected chi connectivity index (χ4v) is 5.09. The Kier molecular flexibility index (Phi) is 6.72. The molecular weight excluding hydrogens is 390 g/mol. The maximum atomic E-state index is 10.5. The van der Waals surface area contributed by atoms with E-state index in [1.807, 2.05) is 0 Å². The summed E-state index contributed by atoms with van der Waals surface area (Å²) in [7, 11) is 0. The van der Waals surface area contributed by atoms with Crippen LogP contribution in [0.25, 0.3) is 0 Å². The van der Waals surface area contributed by atoms with Crippen LogP contribution >= 0.6 is 28.5 Å². The normalized spacial score (nSPS) is 35.2. The summed E-state index contributed by atoms with van der Waals surface area (Å²) < 4.78 is 5.77. The van der Waals surface area contributed by atoms with E-state index in [-0.39, 0.29) is 25.0 Å². The van der Waals surface area contributed by atoms with Crippen LogP contribution in [0.4, 0.5) is 0 Å². The largest absolute Gasteiger partial charge is 0.481 e. The number of carboxylic acid groups (broad SMARTS) is 1. The Labute approximate surface area is 134 Å². The van der Waals surface area contributed by atoms with Gasteiger partial charge in [0.1, 0.15) is 0 Å². The highest BCUT2D eigenvalue weighted by Crippen LogP contribution is 2.52. The van der Waals surface area contributed by atoms with Crippen LogP contribution in [0.2, 0.25) is 0 Å². The molecule has 2 N–H and O–H groups in total. The van der Waals surface area contributed by atoms with Gasteiger partial charge in [-0.25, -0.2) is 0 Å². The minimum absolute atomic E-state index is 0.221. The van der Waals surface area contributed by atoms with E-state index in [9.17, 15) is 9.90 Å². The molecule has 2 aliphatic carbocycles. The van der Waals surface area contributed by atoms with E-state index in [2.05, 4.69) is 28.1 Å². The van der Waals surface area contributed by atoms with Crippen LogP contribution in [-0.4, -0.2) is 28.9 Å². The highest BCUT2D eigenvalue weighted by molar-refractivity contribution is 14.2. The summed E-state index contributed by atoms with van der Waals surface area (Å²) in [4.78, 5) is 10.5. The van der Waals surface area contributed by atoms with E-state index >= 15 is 0 Å². The van der Waals surface area contributed by atoms with Gasteiger partial charge in [-0.1, -0.05) is 11.6 Å². The second-order valence-electron chi connectivity index (χ2n) is 5.80. The maximum absolute atomic E-state index is 10.5. The summed E-state index contributed by atoms with van der Waals surface area (Å²) in [6, 6.07) is 0. The summed E-state index contributed by atoms with van der Waals surface area (Å²) in [5.41, 5.74) is 1.46. The maximum Gasteiger partial charge on any atom is 0.303 e. The van der Waals surface area contributed by atoms with Crippen LogP contribution in [0.3, 0.4) is 0 Å². The van der Waals surface area contributed by atoms with Gasteiger partial charge in [0, 0.05) is 18.9 Å². The van der Waals surface area contributed by atoms with Crippen molar-refractivity contribution >= 4 is 34.5 Å². The van der Waals surface area contributed by atoms with Gasteiger partial charge in [0.05, 0.1) is 12.6 Å². The van der Waals surface area contributed by atoms with Crippen LogP contribution in [0, 0.1) is 17.8 Å². The molecule has 0 aromatic rings. The lowest BCUT2D eigenvalue weighted by Gasteiger charge is -2.21. The van der Waals surface area contributed by atoms with Gasteiger partial charge in [0.15, 0.2) is 0 Å². The molecule has 2 fully saturated rings. The number of allylic oxidation sites excluding steroid dienone is 2. The molecule has 0 aromatic carbocycles. The van der Waals surface area contributed by atoms with Crippen molar-refractivity contribution in [2.24, 2.45) is 17.8 Å². The van der Waals surface area contributed by atoms with Gasteiger partial charge in [0.2, 0.25) is 0 Å². The quantitative estimate of drug-likeness (QED) is 0.291. The molecule has 0 aromatic heterocycles. The molecule has 0 heterocycles. The zero-order chi connectivity index (χ0) is 14.5. The first-order chi connectivity index (χ1) is 9.65. The van der Waals surface area contributed by atoms with Crippen molar-refractivity contribution in [1.82, 2.24) is 0 Å². The molecule has 5 atom stereocenters. The number of aliphatic carboxylic acids is 1. The Morgan fingerprint density at radius 3 is 2.95 bits per heavy atom. The molecule has 20 heavy (non-hydrogen) atoms. The van der Waals surface area contributed by atoms with Gasteiger partial charge in [-0.3, -0.25) is 4.79 Å². The van der Waals surface area contributed by atoms with E-state index < -0.39 is 5.97 Å². The number of hydrogen-bond donors (Lipinski definition) is 2. The minimum Gasteiger partial charge on any atom is -0.481 e. The van der Waals surface area contributed by atoms with Crippen LogP contribution in [0.1, 0.15) is 38.5 Å². The van der Waals surface area contributed by atoms with Crippen molar-refractivity contribution in [3.05, 3.63) is 11.6 Å². The van der Waals surface area contributed by atoms with E-state index in [4.69, 9.17) is 9.63 Å². The third-order valence-corrected chi connectivity index (χ3v) is 5.78. The molecule has 0 spiro atoms. The highest BCUT2D eigenvalue weighted by atomic mass is 127. The first kappa shape index (κ1) is 16.7. The number of aliphatic hydroxyl groups excluding tert-OH is 1. The Bertz CT molecular complexity index is 374. The lowest BCUT2D eigenvalue weighted by molar-refractivity contribution is -0.137. The number of aliphatic hydroxyl groups is 1. The summed E-state index contributed by atoms with van der Waals surface area (Å²) in [6.45, 7) is 0.687. The van der Waals surface area contributed by atoms with E-state index in [1.165, 1.54) is 5.57 Å². The Hall–Kier alpha value is 0.290. The summed E-state index contributed by atoms with van der Waals surface area (Å²) >= 11 is 2.24. The predicted molar refractivity (Wildman–Crippen MR) is 88.2 cm³/mol. The zero-order valence-corrected chi connectivity index (χ0v) is 14.6. The van der Waals surface area contributed by atoms with Crippen LogP contribution in [0.15, 0.2) is 11.6 Å². The molecule has 0 aliphatic heterocycles. The van der Waals surface area contributed by atoms with Gasteiger partial charge < -0.3 is 14.7 Å². The summed E-state index contributed by atoms with van der Waals surface area (Å²) in [5.74, 6) is 0.776. The van der Waals surface area contributed by atoms with Crippen molar-refractivity contribution in [1.29, 1.82) is 0 Å². The second-order valence-corrected chi connectivity index (χ2v) is 7.51. The molecule has 114 valence electrons. The summed E-state index contributed by atoms with van der Waals surface area (Å²) in [6.07, 6.45) is 7.54. The number of carboxylic acids is 1. The van der Waals surface area contributed by atoms with E-state index in [0.29, 0.717) is 18.3 Å². The molecule has 2 rings (SSSR count). The first-order valence-corrected chi connectivity index (χ1v) is 11.2. The number of rotatable bonds is 7. The SMILES string of the molecule is O=C(O)CCCC=C1C[C@H]2C[C@@H](OPI)C(CO)[C@H]2C1. The van der Waals surface area contributed by atoms with E-state index in [0.717, 1.165) is 32.1 Å². The number of carbonyl (C=O) groups is 1. The van der Waals surface area contributed by atoms with Crippen molar-refractivity contribution < 1.29 is 19.5 Å². The Morgan fingerprint density at radius 2 is 2.30 bits per heavy atom. The molecule has 4 nitrogen and oxygen atoms in total. The zero-order valence-electron chi connectivity index (χ0n) is 11.4. The molecular formula is C14H22IO4P. The first-order valence-electron chi connectivity index (χ1n) is 7.17. The lowest BCUT2D eigenvalue weighted by Crippen LogP contribution is -2.23. The molecule has 2 unspecified atom stereocenters. The average Bonchev–Trinajstić information content (AvgIpc) is 2.91. The predicted octanol–water partition coefficient (Wildman–Crippen LogP) is 3.53. The number of fused-ring (bicyclic) bond motifs is 1. The number of unbranched alkanes of at least 4 members (excludes halogenated alkanes) is 1. The van der Waals surface area contributed by atoms with Gasteiger partial charge >= 0.3 is 5.97 Å². The third-order valence-electron chi connectivity index (χ3n) is 4.62. The standard InChI is InChI=1S/C14H22IO4P/c15-20-19-13-7-10-5-9(3-1-2-4-14(17)18)6-11(10)12(13)8-16/h3,10-13,16,20H,1-2,4-8H2,(H,17,18)/t10-,11-,12?,13+/m0/s1. The Balaban J connectivity index is 1.84. The average molecular weight is 412 g/mol. The molecule has 0 amide bonds. The van der Waals surface area contributed by atoms with Gasteiger partial charge in [-0.2, -0.15) is 0 Å². The monoisotopic (exact) mass is 412 g/mol. The molecule has 0 bridgehead atoms. The minimum atomic E-state index is -0.716. The van der Waals surface area contributed by atoms with Crippen LogP contribution in [0.5, 0.6) is 0 Å². The van der Waals surface area contributed by atoms with Crippen molar-refractivity contribution in [2.75, 3.05) is 6.61 Å². The van der Waals surface area contributed by atoms with Gasteiger partial charge in [-0.05, 0) is 66.0 Å².